The molecule has 2 unspecified atom stereocenters. The van der Waals surface area contributed by atoms with Gasteiger partial charge in [0.15, 0.2) is 0 Å². The van der Waals surface area contributed by atoms with Crippen molar-refractivity contribution in [1.29, 1.82) is 0 Å². The third-order valence-corrected chi connectivity index (χ3v) is 5.05. The summed E-state index contributed by atoms with van der Waals surface area (Å²) in [6.45, 7) is 6.21. The van der Waals surface area contributed by atoms with Gasteiger partial charge in [0.05, 0.1) is 13.2 Å². The van der Waals surface area contributed by atoms with Crippen LogP contribution in [0.15, 0.2) is 18.2 Å². The van der Waals surface area contributed by atoms with Crippen molar-refractivity contribution in [2.45, 2.75) is 51.7 Å². The molecule has 0 aromatic heterocycles. The topological polar surface area (TPSA) is 55.8 Å². The van der Waals surface area contributed by atoms with Crippen LogP contribution in [-0.2, 0) is 16.0 Å². The summed E-state index contributed by atoms with van der Waals surface area (Å²) >= 11 is 0. The van der Waals surface area contributed by atoms with E-state index in [9.17, 15) is 9.59 Å². The molecule has 130 valence electrons. The molecule has 5 heteroatoms. The van der Waals surface area contributed by atoms with Crippen molar-refractivity contribution in [2.24, 2.45) is 5.41 Å². The van der Waals surface area contributed by atoms with Crippen LogP contribution in [0.4, 0.5) is 4.79 Å². The maximum Gasteiger partial charge on any atom is 0.410 e. The highest BCUT2D eigenvalue weighted by atomic mass is 16.6. The van der Waals surface area contributed by atoms with E-state index in [1.54, 1.807) is 12.0 Å². The lowest BCUT2D eigenvalue weighted by molar-refractivity contribution is -0.110. The quantitative estimate of drug-likeness (QED) is 0.795. The van der Waals surface area contributed by atoms with Crippen molar-refractivity contribution in [3.8, 4) is 5.75 Å². The average Bonchev–Trinajstić information content (AvgIpc) is 2.99. The summed E-state index contributed by atoms with van der Waals surface area (Å²) in [6.07, 6.45) is 2.75. The van der Waals surface area contributed by atoms with Gasteiger partial charge in [-0.25, -0.2) is 4.79 Å². The molecule has 0 bridgehead atoms. The number of nitrogens with zero attached hydrogens (tertiary/aromatic N) is 1. The zero-order chi connectivity index (χ0) is 17.5. The van der Waals surface area contributed by atoms with Gasteiger partial charge in [0, 0.05) is 18.4 Å². The third kappa shape index (κ3) is 2.76. The van der Waals surface area contributed by atoms with Gasteiger partial charge in [-0.15, -0.1) is 0 Å². The van der Waals surface area contributed by atoms with E-state index in [4.69, 9.17) is 9.47 Å². The lowest BCUT2D eigenvalue weighted by Gasteiger charge is -2.33. The number of methoxy groups -OCH3 is 1. The molecule has 2 aliphatic rings. The molecule has 1 aliphatic carbocycles. The SMILES string of the molecule is COc1ccc2c(c1)C1N(C(=O)OC(C)(C)C)CCC1(CC=O)C2. The maximum atomic E-state index is 12.7. The van der Waals surface area contributed by atoms with Crippen molar-refractivity contribution < 1.29 is 19.1 Å². The number of aldehydes is 1. The second-order valence-corrected chi connectivity index (χ2v) is 7.80. The third-order valence-electron chi connectivity index (χ3n) is 5.05. The molecule has 0 saturated carbocycles. The van der Waals surface area contributed by atoms with E-state index < -0.39 is 5.60 Å². The second kappa shape index (κ2) is 5.80. The molecule has 1 amide bonds. The maximum absolute atomic E-state index is 12.7. The summed E-state index contributed by atoms with van der Waals surface area (Å²) < 4.78 is 10.9. The molecular weight excluding hydrogens is 306 g/mol. The summed E-state index contributed by atoms with van der Waals surface area (Å²) in [5.74, 6) is 0.770. The molecular formula is C19H25NO4. The highest BCUT2D eigenvalue weighted by Gasteiger charge is 2.54. The van der Waals surface area contributed by atoms with E-state index in [2.05, 4.69) is 0 Å². The first kappa shape index (κ1) is 16.8. The first-order chi connectivity index (χ1) is 11.3. The Labute approximate surface area is 142 Å². The number of carbonyl (C=O) groups excluding carboxylic acids is 2. The highest BCUT2D eigenvalue weighted by Crippen LogP contribution is 2.57. The van der Waals surface area contributed by atoms with Crippen LogP contribution < -0.4 is 4.74 Å². The Balaban J connectivity index is 1.99. The number of likely N-dealkylation sites (tertiary alicyclic amines) is 1. The minimum Gasteiger partial charge on any atom is -0.497 e. The van der Waals surface area contributed by atoms with Crippen LogP contribution in [0.3, 0.4) is 0 Å². The number of rotatable bonds is 3. The molecule has 2 atom stereocenters. The number of hydrogen-bond donors (Lipinski definition) is 0. The predicted octanol–water partition coefficient (Wildman–Crippen LogP) is 3.51. The van der Waals surface area contributed by atoms with Crippen molar-refractivity contribution in [2.75, 3.05) is 13.7 Å². The fourth-order valence-corrected chi connectivity index (χ4v) is 4.09. The van der Waals surface area contributed by atoms with E-state index in [1.807, 2.05) is 39.0 Å². The molecule has 1 heterocycles. The Morgan fingerprint density at radius 2 is 2.17 bits per heavy atom. The second-order valence-electron chi connectivity index (χ2n) is 7.80. The van der Waals surface area contributed by atoms with Gasteiger partial charge in [-0.3, -0.25) is 0 Å². The largest absolute Gasteiger partial charge is 0.497 e. The number of benzene rings is 1. The molecule has 0 N–H and O–H groups in total. The minimum absolute atomic E-state index is 0.123. The van der Waals surface area contributed by atoms with Gasteiger partial charge < -0.3 is 19.2 Å². The van der Waals surface area contributed by atoms with E-state index in [0.717, 1.165) is 30.4 Å². The van der Waals surface area contributed by atoms with E-state index in [0.29, 0.717) is 13.0 Å². The van der Waals surface area contributed by atoms with Gasteiger partial charge in [-0.2, -0.15) is 0 Å². The van der Waals surface area contributed by atoms with Crippen molar-refractivity contribution in [3.63, 3.8) is 0 Å². The Bertz CT molecular complexity index is 664. The molecule has 0 spiro atoms. The monoisotopic (exact) mass is 331 g/mol. The van der Waals surface area contributed by atoms with Crippen molar-refractivity contribution in [3.05, 3.63) is 29.3 Å². The number of amides is 1. The van der Waals surface area contributed by atoms with E-state index in [1.165, 1.54) is 5.56 Å². The number of hydrogen-bond acceptors (Lipinski definition) is 4. The molecule has 1 aromatic carbocycles. The van der Waals surface area contributed by atoms with Gasteiger partial charge in [-0.05, 0) is 56.9 Å². The van der Waals surface area contributed by atoms with Crippen LogP contribution >= 0.6 is 0 Å². The van der Waals surface area contributed by atoms with E-state index in [-0.39, 0.29) is 17.6 Å². The molecule has 24 heavy (non-hydrogen) atoms. The molecule has 1 aliphatic heterocycles. The molecule has 0 radical (unpaired) electrons. The van der Waals surface area contributed by atoms with Crippen molar-refractivity contribution in [1.82, 2.24) is 4.90 Å². The number of carbonyl (C=O) groups is 2. The van der Waals surface area contributed by atoms with Crippen LogP contribution in [-0.4, -0.2) is 36.5 Å². The van der Waals surface area contributed by atoms with Crippen LogP contribution in [0, 0.1) is 5.41 Å². The number of ether oxygens (including phenoxy) is 2. The zero-order valence-corrected chi connectivity index (χ0v) is 14.8. The minimum atomic E-state index is -0.539. The Morgan fingerprint density at radius 3 is 2.79 bits per heavy atom. The molecule has 5 nitrogen and oxygen atoms in total. The molecule has 1 aromatic rings. The predicted molar refractivity (Wildman–Crippen MR) is 90.1 cm³/mol. The average molecular weight is 331 g/mol. The van der Waals surface area contributed by atoms with Gasteiger partial charge >= 0.3 is 6.09 Å². The van der Waals surface area contributed by atoms with Gasteiger partial charge in [0.1, 0.15) is 17.6 Å². The fraction of sp³-hybridized carbons (Fsp3) is 0.579. The molecule has 3 rings (SSSR count). The first-order valence-electron chi connectivity index (χ1n) is 8.40. The van der Waals surface area contributed by atoms with Gasteiger partial charge in [-0.1, -0.05) is 6.07 Å². The van der Waals surface area contributed by atoms with Crippen LogP contribution in [0.25, 0.3) is 0 Å². The lowest BCUT2D eigenvalue weighted by Crippen LogP contribution is -2.38. The fourth-order valence-electron chi connectivity index (χ4n) is 4.09. The smallest absolute Gasteiger partial charge is 0.410 e. The van der Waals surface area contributed by atoms with Crippen LogP contribution in [0.5, 0.6) is 5.75 Å². The van der Waals surface area contributed by atoms with E-state index >= 15 is 0 Å². The van der Waals surface area contributed by atoms with Gasteiger partial charge in [0.25, 0.3) is 0 Å². The summed E-state index contributed by atoms with van der Waals surface area (Å²) in [6, 6.07) is 5.86. The lowest BCUT2D eigenvalue weighted by atomic mass is 9.78. The number of fused-ring (bicyclic) bond motifs is 3. The summed E-state index contributed by atoms with van der Waals surface area (Å²) in [7, 11) is 1.63. The van der Waals surface area contributed by atoms with Crippen LogP contribution in [0.1, 0.15) is 50.8 Å². The van der Waals surface area contributed by atoms with Gasteiger partial charge in [0.2, 0.25) is 0 Å². The van der Waals surface area contributed by atoms with Crippen molar-refractivity contribution >= 4 is 12.4 Å². The first-order valence-corrected chi connectivity index (χ1v) is 8.40. The summed E-state index contributed by atoms with van der Waals surface area (Å²) in [5, 5.41) is 0. The normalized spacial score (nSPS) is 25.2. The summed E-state index contributed by atoms with van der Waals surface area (Å²) in [5.41, 5.74) is 1.52. The Kier molecular flexibility index (Phi) is 4.06. The molecule has 1 fully saturated rings. The highest BCUT2D eigenvalue weighted by molar-refractivity contribution is 5.71. The Hall–Kier alpha value is -2.04. The molecule has 1 saturated heterocycles. The summed E-state index contributed by atoms with van der Waals surface area (Å²) in [4.78, 5) is 25.8. The standard InChI is InChI=1S/C19H25NO4/c1-18(2,3)24-17(22)20-9-7-19(8-10-21)12-13-5-6-14(23-4)11-15(13)16(19)20/h5-6,10-11,16H,7-9,12H2,1-4H3. The van der Waals surface area contributed by atoms with Crippen LogP contribution in [0.2, 0.25) is 0 Å². The zero-order valence-electron chi connectivity index (χ0n) is 14.8. The Morgan fingerprint density at radius 1 is 1.42 bits per heavy atom.